The van der Waals surface area contributed by atoms with Crippen LogP contribution in [-0.2, 0) is 11.3 Å². The Morgan fingerprint density at radius 2 is 2.00 bits per heavy atom. The molecule has 1 aliphatic carbocycles. The summed E-state index contributed by atoms with van der Waals surface area (Å²) in [7, 11) is 0. The first kappa shape index (κ1) is 9.66. The van der Waals surface area contributed by atoms with Crippen molar-refractivity contribution in [2.24, 2.45) is 5.73 Å². The van der Waals surface area contributed by atoms with Gasteiger partial charge in [0.1, 0.15) is 5.60 Å². The lowest BCUT2D eigenvalue weighted by molar-refractivity contribution is 0.129. The van der Waals surface area contributed by atoms with Crippen LogP contribution >= 0.6 is 0 Å². The van der Waals surface area contributed by atoms with Gasteiger partial charge in [0, 0.05) is 12.2 Å². The summed E-state index contributed by atoms with van der Waals surface area (Å²) in [6, 6.07) is 7.73. The highest BCUT2D eigenvalue weighted by atomic mass is 16.6. The molecule has 0 unspecified atom stereocenters. The van der Waals surface area contributed by atoms with Gasteiger partial charge in [-0.3, -0.25) is 4.90 Å². The van der Waals surface area contributed by atoms with Gasteiger partial charge in [-0.05, 0) is 30.5 Å². The second-order valence-corrected chi connectivity index (χ2v) is 4.51. The highest BCUT2D eigenvalue weighted by Gasteiger charge is 2.54. The summed E-state index contributed by atoms with van der Waals surface area (Å²) in [4.78, 5) is 13.4. The molecule has 0 atom stereocenters. The molecule has 1 amide bonds. The Kier molecular flexibility index (Phi) is 1.94. The quantitative estimate of drug-likeness (QED) is 0.820. The van der Waals surface area contributed by atoms with E-state index < -0.39 is 0 Å². The third kappa shape index (κ3) is 1.46. The van der Waals surface area contributed by atoms with E-state index in [9.17, 15) is 4.79 Å². The lowest BCUT2D eigenvalue weighted by atomic mass is 10.2. The Balaban J connectivity index is 1.83. The van der Waals surface area contributed by atoms with Crippen LogP contribution in [0.25, 0.3) is 0 Å². The van der Waals surface area contributed by atoms with Crippen molar-refractivity contribution < 1.29 is 9.53 Å². The summed E-state index contributed by atoms with van der Waals surface area (Å²) >= 11 is 0. The number of hydrogen-bond donors (Lipinski definition) is 1. The number of carbonyl (C=O) groups is 1. The smallest absolute Gasteiger partial charge is 0.415 e. The zero-order chi connectivity index (χ0) is 11.2. The fraction of sp³-hybridized carbons (Fsp3) is 0.417. The first-order chi connectivity index (χ1) is 7.72. The third-order valence-corrected chi connectivity index (χ3v) is 3.26. The number of anilines is 1. The van der Waals surface area contributed by atoms with Gasteiger partial charge >= 0.3 is 6.09 Å². The van der Waals surface area contributed by atoms with Crippen molar-refractivity contribution >= 4 is 11.8 Å². The summed E-state index contributed by atoms with van der Waals surface area (Å²) in [6.07, 6.45) is 1.77. The van der Waals surface area contributed by atoms with Crippen molar-refractivity contribution in [3.05, 3.63) is 29.8 Å². The molecule has 4 heteroatoms. The average molecular weight is 218 g/mol. The number of nitrogens with two attached hydrogens (primary N) is 1. The minimum absolute atomic E-state index is 0.163. The zero-order valence-corrected chi connectivity index (χ0v) is 8.98. The van der Waals surface area contributed by atoms with Crippen LogP contribution < -0.4 is 10.6 Å². The van der Waals surface area contributed by atoms with Gasteiger partial charge in [0.25, 0.3) is 0 Å². The third-order valence-electron chi connectivity index (χ3n) is 3.26. The molecular weight excluding hydrogens is 204 g/mol. The second-order valence-electron chi connectivity index (χ2n) is 4.51. The summed E-state index contributed by atoms with van der Waals surface area (Å²) in [5.41, 5.74) is 7.33. The first-order valence-electron chi connectivity index (χ1n) is 5.52. The molecule has 0 radical (unpaired) electrons. The lowest BCUT2D eigenvalue weighted by Gasteiger charge is -2.13. The highest BCUT2D eigenvalue weighted by molar-refractivity contribution is 5.90. The van der Waals surface area contributed by atoms with E-state index >= 15 is 0 Å². The number of carbonyl (C=O) groups excluding carboxylic acids is 1. The molecule has 1 spiro atoms. The van der Waals surface area contributed by atoms with E-state index in [0.717, 1.165) is 24.1 Å². The number of nitrogens with zero attached hydrogens (tertiary/aromatic N) is 1. The van der Waals surface area contributed by atoms with Crippen LogP contribution in [-0.4, -0.2) is 18.2 Å². The van der Waals surface area contributed by atoms with Gasteiger partial charge in [-0.15, -0.1) is 0 Å². The number of benzene rings is 1. The van der Waals surface area contributed by atoms with Crippen LogP contribution in [0.15, 0.2) is 24.3 Å². The first-order valence-corrected chi connectivity index (χ1v) is 5.52. The van der Waals surface area contributed by atoms with Crippen LogP contribution in [0.2, 0.25) is 0 Å². The molecule has 16 heavy (non-hydrogen) atoms. The van der Waals surface area contributed by atoms with Gasteiger partial charge < -0.3 is 10.5 Å². The fourth-order valence-electron chi connectivity index (χ4n) is 2.03. The van der Waals surface area contributed by atoms with Crippen LogP contribution in [0.3, 0.4) is 0 Å². The molecule has 0 bridgehead atoms. The number of rotatable bonds is 2. The molecule has 1 aromatic carbocycles. The van der Waals surface area contributed by atoms with Crippen LogP contribution in [0, 0.1) is 0 Å². The molecular formula is C12H14N2O2. The van der Waals surface area contributed by atoms with Gasteiger partial charge in [0.15, 0.2) is 0 Å². The van der Waals surface area contributed by atoms with Crippen molar-refractivity contribution in [1.29, 1.82) is 0 Å². The second kappa shape index (κ2) is 3.22. The maximum atomic E-state index is 11.7. The number of hydrogen-bond acceptors (Lipinski definition) is 3. The molecule has 2 fully saturated rings. The Labute approximate surface area is 94.0 Å². The molecule has 3 rings (SSSR count). The number of amides is 1. The van der Waals surface area contributed by atoms with Crippen molar-refractivity contribution in [3.8, 4) is 0 Å². The van der Waals surface area contributed by atoms with E-state index in [4.69, 9.17) is 10.5 Å². The molecule has 1 saturated heterocycles. The standard InChI is InChI=1S/C12H14N2O2/c13-7-9-1-3-10(4-2-9)14-8-12(5-6-12)16-11(14)15/h1-4H,5-8,13H2. The van der Waals surface area contributed by atoms with Gasteiger partial charge in [0.2, 0.25) is 0 Å². The summed E-state index contributed by atoms with van der Waals surface area (Å²) < 4.78 is 5.35. The summed E-state index contributed by atoms with van der Waals surface area (Å²) in [5, 5.41) is 0. The van der Waals surface area contributed by atoms with Crippen molar-refractivity contribution in [2.75, 3.05) is 11.4 Å². The minimum Gasteiger partial charge on any atom is -0.441 e. The largest absolute Gasteiger partial charge is 0.441 e. The molecule has 2 aliphatic rings. The van der Waals surface area contributed by atoms with Crippen molar-refractivity contribution in [3.63, 3.8) is 0 Å². The van der Waals surface area contributed by atoms with E-state index in [-0.39, 0.29) is 11.7 Å². The van der Waals surface area contributed by atoms with Gasteiger partial charge in [-0.1, -0.05) is 12.1 Å². The molecule has 4 nitrogen and oxygen atoms in total. The minimum atomic E-state index is -0.224. The lowest BCUT2D eigenvalue weighted by Crippen LogP contribution is -2.24. The van der Waals surface area contributed by atoms with E-state index in [1.807, 2.05) is 24.3 Å². The Hall–Kier alpha value is -1.55. The molecule has 84 valence electrons. The topological polar surface area (TPSA) is 55.6 Å². The molecule has 2 N–H and O–H groups in total. The Bertz CT molecular complexity index is 423. The van der Waals surface area contributed by atoms with Crippen LogP contribution in [0.1, 0.15) is 18.4 Å². The predicted octanol–water partition coefficient (Wildman–Crippen LogP) is 1.63. The van der Waals surface area contributed by atoms with E-state index in [0.29, 0.717) is 13.1 Å². The summed E-state index contributed by atoms with van der Waals surface area (Å²) in [5.74, 6) is 0. The Morgan fingerprint density at radius 1 is 1.31 bits per heavy atom. The van der Waals surface area contributed by atoms with E-state index in [1.54, 1.807) is 4.90 Å². The predicted molar refractivity (Wildman–Crippen MR) is 60.1 cm³/mol. The van der Waals surface area contributed by atoms with Gasteiger partial charge in [-0.25, -0.2) is 4.79 Å². The monoisotopic (exact) mass is 218 g/mol. The van der Waals surface area contributed by atoms with E-state index in [2.05, 4.69) is 0 Å². The van der Waals surface area contributed by atoms with Crippen LogP contribution in [0.4, 0.5) is 10.5 Å². The molecule has 0 aromatic heterocycles. The van der Waals surface area contributed by atoms with Gasteiger partial charge in [-0.2, -0.15) is 0 Å². The maximum absolute atomic E-state index is 11.7. The van der Waals surface area contributed by atoms with Crippen LogP contribution in [0.5, 0.6) is 0 Å². The van der Waals surface area contributed by atoms with Crippen molar-refractivity contribution in [1.82, 2.24) is 0 Å². The Morgan fingerprint density at radius 3 is 2.50 bits per heavy atom. The highest BCUT2D eigenvalue weighted by Crippen LogP contribution is 2.45. The summed E-state index contributed by atoms with van der Waals surface area (Å²) in [6.45, 7) is 1.21. The fourth-order valence-corrected chi connectivity index (χ4v) is 2.03. The molecule has 1 saturated carbocycles. The molecule has 1 aliphatic heterocycles. The zero-order valence-electron chi connectivity index (χ0n) is 8.98. The van der Waals surface area contributed by atoms with Gasteiger partial charge in [0.05, 0.1) is 6.54 Å². The SMILES string of the molecule is NCc1ccc(N2CC3(CC3)OC2=O)cc1. The average Bonchev–Trinajstić information content (AvgIpc) is 2.97. The van der Waals surface area contributed by atoms with Crippen molar-refractivity contribution in [2.45, 2.75) is 25.0 Å². The van der Waals surface area contributed by atoms with E-state index in [1.165, 1.54) is 0 Å². The number of ether oxygens (including phenoxy) is 1. The maximum Gasteiger partial charge on any atom is 0.415 e. The molecule has 1 aromatic rings. The normalized spacial score (nSPS) is 21.3. The molecule has 1 heterocycles.